The maximum Gasteiger partial charge on any atom is 0.256 e. The fraction of sp³-hybridized carbons (Fsp3) is 0.286. The number of nitrogens with two attached hydrogens (primary N) is 1. The smallest absolute Gasteiger partial charge is 0.256 e. The summed E-state index contributed by atoms with van der Waals surface area (Å²) in [5, 5.41) is 0. The Morgan fingerprint density at radius 1 is 1.37 bits per heavy atom. The maximum absolute atomic E-state index is 11.8. The number of aromatic amines is 1. The molecule has 0 unspecified atom stereocenters. The van der Waals surface area contributed by atoms with Crippen LogP contribution in [0, 0.1) is 0 Å². The Morgan fingerprint density at radius 3 is 2.74 bits per heavy atom. The molecule has 0 fully saturated rings. The molecule has 0 radical (unpaired) electrons. The van der Waals surface area contributed by atoms with Crippen LogP contribution in [0.5, 0.6) is 5.75 Å². The van der Waals surface area contributed by atoms with Gasteiger partial charge in [0.1, 0.15) is 17.4 Å². The van der Waals surface area contributed by atoms with Crippen molar-refractivity contribution >= 4 is 5.82 Å². The Balaban J connectivity index is 2.36. The summed E-state index contributed by atoms with van der Waals surface area (Å²) in [5.74, 6) is 1.61. The third kappa shape index (κ3) is 2.76. The van der Waals surface area contributed by atoms with Crippen molar-refractivity contribution in [3.63, 3.8) is 0 Å². The summed E-state index contributed by atoms with van der Waals surface area (Å²) in [7, 11) is 1.61. The van der Waals surface area contributed by atoms with Crippen LogP contribution in [-0.2, 0) is 12.8 Å². The van der Waals surface area contributed by atoms with Crippen molar-refractivity contribution in [2.75, 3.05) is 12.8 Å². The molecule has 0 bridgehead atoms. The van der Waals surface area contributed by atoms with Crippen LogP contribution in [0.25, 0.3) is 0 Å². The van der Waals surface area contributed by atoms with E-state index in [1.807, 2.05) is 31.2 Å². The molecule has 0 aliphatic carbocycles. The van der Waals surface area contributed by atoms with E-state index in [4.69, 9.17) is 10.5 Å². The van der Waals surface area contributed by atoms with Gasteiger partial charge in [-0.2, -0.15) is 0 Å². The standard InChI is InChI=1S/C14H17N3O2/c1-3-10-13(15)16-12(17-14(10)18)8-9-6-4-5-7-11(9)19-2/h4-7H,3,8H2,1-2H3,(H3,15,16,17,18). The van der Waals surface area contributed by atoms with E-state index in [0.717, 1.165) is 11.3 Å². The number of nitrogen functional groups attached to an aromatic ring is 1. The summed E-state index contributed by atoms with van der Waals surface area (Å²) < 4.78 is 5.27. The number of hydrogen-bond donors (Lipinski definition) is 2. The van der Waals surface area contributed by atoms with E-state index in [0.29, 0.717) is 30.0 Å². The van der Waals surface area contributed by atoms with Gasteiger partial charge in [-0.25, -0.2) is 4.98 Å². The Labute approximate surface area is 111 Å². The Morgan fingerprint density at radius 2 is 2.11 bits per heavy atom. The minimum atomic E-state index is -0.167. The highest BCUT2D eigenvalue weighted by molar-refractivity contribution is 5.40. The van der Waals surface area contributed by atoms with Crippen molar-refractivity contribution < 1.29 is 4.74 Å². The number of rotatable bonds is 4. The molecule has 5 heteroatoms. The molecule has 0 saturated heterocycles. The molecule has 0 atom stereocenters. The second-order valence-electron chi connectivity index (χ2n) is 4.22. The van der Waals surface area contributed by atoms with E-state index >= 15 is 0 Å². The maximum atomic E-state index is 11.8. The molecule has 0 aliphatic heterocycles. The van der Waals surface area contributed by atoms with Crippen LogP contribution in [0.15, 0.2) is 29.1 Å². The zero-order chi connectivity index (χ0) is 13.8. The molecule has 0 aliphatic rings. The topological polar surface area (TPSA) is 81.0 Å². The molecule has 2 aromatic rings. The Bertz CT molecular complexity index is 635. The van der Waals surface area contributed by atoms with Gasteiger partial charge < -0.3 is 15.5 Å². The molecule has 100 valence electrons. The van der Waals surface area contributed by atoms with Crippen LogP contribution in [-0.4, -0.2) is 17.1 Å². The molecule has 2 rings (SSSR count). The van der Waals surface area contributed by atoms with E-state index in [2.05, 4.69) is 9.97 Å². The molecule has 0 spiro atoms. The van der Waals surface area contributed by atoms with E-state index in [1.54, 1.807) is 7.11 Å². The van der Waals surface area contributed by atoms with Crippen LogP contribution < -0.4 is 16.0 Å². The second-order valence-corrected chi connectivity index (χ2v) is 4.22. The summed E-state index contributed by atoms with van der Waals surface area (Å²) in [6.07, 6.45) is 1.05. The van der Waals surface area contributed by atoms with Crippen molar-refractivity contribution in [2.45, 2.75) is 19.8 Å². The minimum absolute atomic E-state index is 0.167. The summed E-state index contributed by atoms with van der Waals surface area (Å²) in [6, 6.07) is 7.62. The van der Waals surface area contributed by atoms with Gasteiger partial charge >= 0.3 is 0 Å². The lowest BCUT2D eigenvalue weighted by Crippen LogP contribution is -2.19. The first-order chi connectivity index (χ1) is 9.15. The average molecular weight is 259 g/mol. The predicted octanol–water partition coefficient (Wildman–Crippen LogP) is 1.51. The number of para-hydroxylation sites is 1. The van der Waals surface area contributed by atoms with Crippen LogP contribution in [0.3, 0.4) is 0 Å². The normalized spacial score (nSPS) is 10.4. The molecule has 1 heterocycles. The van der Waals surface area contributed by atoms with Crippen molar-refractivity contribution in [2.24, 2.45) is 0 Å². The highest BCUT2D eigenvalue weighted by atomic mass is 16.5. The number of aromatic nitrogens is 2. The van der Waals surface area contributed by atoms with E-state index in [-0.39, 0.29) is 5.56 Å². The van der Waals surface area contributed by atoms with Gasteiger partial charge in [0, 0.05) is 12.0 Å². The fourth-order valence-corrected chi connectivity index (χ4v) is 2.02. The molecule has 19 heavy (non-hydrogen) atoms. The number of anilines is 1. The van der Waals surface area contributed by atoms with Crippen molar-refractivity contribution in [1.82, 2.24) is 9.97 Å². The van der Waals surface area contributed by atoms with Gasteiger partial charge in [0.25, 0.3) is 5.56 Å². The van der Waals surface area contributed by atoms with Gasteiger partial charge in [0.2, 0.25) is 0 Å². The molecule has 0 amide bonds. The first-order valence-corrected chi connectivity index (χ1v) is 6.15. The van der Waals surface area contributed by atoms with E-state index < -0.39 is 0 Å². The lowest BCUT2D eigenvalue weighted by atomic mass is 10.1. The molecule has 1 aromatic heterocycles. The fourth-order valence-electron chi connectivity index (χ4n) is 2.02. The minimum Gasteiger partial charge on any atom is -0.496 e. The number of ether oxygens (including phenoxy) is 1. The number of nitrogens with one attached hydrogen (secondary N) is 1. The molecule has 3 N–H and O–H groups in total. The quantitative estimate of drug-likeness (QED) is 0.872. The summed E-state index contributed by atoms with van der Waals surface area (Å²) >= 11 is 0. The number of methoxy groups -OCH3 is 1. The zero-order valence-corrected chi connectivity index (χ0v) is 11.1. The third-order valence-corrected chi connectivity index (χ3v) is 3.00. The lowest BCUT2D eigenvalue weighted by Gasteiger charge is -2.09. The SMILES string of the molecule is CCc1c(N)nc(Cc2ccccc2OC)[nH]c1=O. The average Bonchev–Trinajstić information content (AvgIpc) is 2.39. The lowest BCUT2D eigenvalue weighted by molar-refractivity contribution is 0.410. The van der Waals surface area contributed by atoms with Crippen molar-refractivity contribution in [3.8, 4) is 5.75 Å². The van der Waals surface area contributed by atoms with Crippen LogP contribution in [0.2, 0.25) is 0 Å². The van der Waals surface area contributed by atoms with Crippen LogP contribution in [0.4, 0.5) is 5.82 Å². The van der Waals surface area contributed by atoms with Gasteiger partial charge in [-0.1, -0.05) is 25.1 Å². The molecule has 0 saturated carbocycles. The highest BCUT2D eigenvalue weighted by Gasteiger charge is 2.09. The van der Waals surface area contributed by atoms with Gasteiger partial charge in [-0.15, -0.1) is 0 Å². The second kappa shape index (κ2) is 5.56. The first kappa shape index (κ1) is 13.1. The third-order valence-electron chi connectivity index (χ3n) is 3.00. The van der Waals surface area contributed by atoms with E-state index in [9.17, 15) is 4.79 Å². The Kier molecular flexibility index (Phi) is 3.85. The highest BCUT2D eigenvalue weighted by Crippen LogP contribution is 2.19. The summed E-state index contributed by atoms with van der Waals surface area (Å²) in [5.41, 5.74) is 7.11. The molecular formula is C14H17N3O2. The predicted molar refractivity (Wildman–Crippen MR) is 74.4 cm³/mol. The number of nitrogens with zero attached hydrogens (tertiary/aromatic N) is 1. The van der Waals surface area contributed by atoms with Gasteiger partial charge in [0.05, 0.1) is 12.7 Å². The largest absolute Gasteiger partial charge is 0.496 e. The number of hydrogen-bond acceptors (Lipinski definition) is 4. The van der Waals surface area contributed by atoms with Gasteiger partial charge in [0.15, 0.2) is 0 Å². The van der Waals surface area contributed by atoms with E-state index in [1.165, 1.54) is 0 Å². The zero-order valence-electron chi connectivity index (χ0n) is 11.1. The van der Waals surface area contributed by atoms with Crippen molar-refractivity contribution in [1.29, 1.82) is 0 Å². The van der Waals surface area contributed by atoms with Gasteiger partial charge in [-0.3, -0.25) is 4.79 Å². The first-order valence-electron chi connectivity index (χ1n) is 6.15. The monoisotopic (exact) mass is 259 g/mol. The molecule has 5 nitrogen and oxygen atoms in total. The van der Waals surface area contributed by atoms with Crippen molar-refractivity contribution in [3.05, 3.63) is 51.6 Å². The van der Waals surface area contributed by atoms with Gasteiger partial charge in [-0.05, 0) is 12.5 Å². The van der Waals surface area contributed by atoms with Crippen LogP contribution in [0.1, 0.15) is 23.9 Å². The van der Waals surface area contributed by atoms with Crippen LogP contribution >= 0.6 is 0 Å². The summed E-state index contributed by atoms with van der Waals surface area (Å²) in [6.45, 7) is 1.88. The summed E-state index contributed by atoms with van der Waals surface area (Å²) in [4.78, 5) is 18.8. The molecular weight excluding hydrogens is 242 g/mol. The Hall–Kier alpha value is -2.30. The number of benzene rings is 1. The number of H-pyrrole nitrogens is 1. The molecule has 1 aromatic carbocycles.